The van der Waals surface area contributed by atoms with Gasteiger partial charge in [-0.05, 0) is 50.7 Å². The van der Waals surface area contributed by atoms with E-state index in [0.29, 0.717) is 12.8 Å². The van der Waals surface area contributed by atoms with E-state index in [4.69, 9.17) is 0 Å². The van der Waals surface area contributed by atoms with Crippen molar-refractivity contribution in [3.8, 4) is 0 Å². The van der Waals surface area contributed by atoms with Gasteiger partial charge >= 0.3 is 5.97 Å². The molecule has 18 heavy (non-hydrogen) atoms. The zero-order chi connectivity index (χ0) is 13.2. The molecule has 1 aromatic carbocycles. The lowest BCUT2D eigenvalue weighted by Crippen LogP contribution is -2.36. The quantitative estimate of drug-likeness (QED) is 0.825. The minimum atomic E-state index is -0.658. The Labute approximate surface area is 108 Å². The van der Waals surface area contributed by atoms with E-state index in [1.165, 1.54) is 16.7 Å². The number of hydrogen-bond donors (Lipinski definition) is 1. The minimum Gasteiger partial charge on any atom is -0.481 e. The molecular formula is C16H20O2. The number of carbonyl (C=O) groups is 1. The van der Waals surface area contributed by atoms with E-state index >= 15 is 0 Å². The number of aryl methyl sites for hydroxylation is 1. The van der Waals surface area contributed by atoms with E-state index in [9.17, 15) is 9.90 Å². The van der Waals surface area contributed by atoms with Crippen LogP contribution in [0.15, 0.2) is 35.9 Å². The lowest BCUT2D eigenvalue weighted by Gasteiger charge is -2.33. The Kier molecular flexibility index (Phi) is 3.55. The molecule has 0 saturated carbocycles. The average Bonchev–Trinajstić information content (AvgIpc) is 2.36. The van der Waals surface area contributed by atoms with Crippen molar-refractivity contribution in [1.29, 1.82) is 0 Å². The second-order valence-corrected chi connectivity index (χ2v) is 5.52. The van der Waals surface area contributed by atoms with Crippen molar-refractivity contribution in [2.75, 3.05) is 0 Å². The Morgan fingerprint density at radius 2 is 2.00 bits per heavy atom. The summed E-state index contributed by atoms with van der Waals surface area (Å²) in [7, 11) is 0. The van der Waals surface area contributed by atoms with Crippen molar-refractivity contribution in [1.82, 2.24) is 0 Å². The largest absolute Gasteiger partial charge is 0.481 e. The molecule has 0 heterocycles. The summed E-state index contributed by atoms with van der Waals surface area (Å²) in [5.41, 5.74) is 3.10. The predicted octanol–water partition coefficient (Wildman–Crippen LogP) is 3.60. The maximum Gasteiger partial charge on any atom is 0.310 e. The van der Waals surface area contributed by atoms with Gasteiger partial charge < -0.3 is 5.11 Å². The average molecular weight is 244 g/mol. The third-order valence-corrected chi connectivity index (χ3v) is 3.87. The van der Waals surface area contributed by atoms with E-state index in [2.05, 4.69) is 18.2 Å². The first-order valence-corrected chi connectivity index (χ1v) is 6.47. The van der Waals surface area contributed by atoms with Gasteiger partial charge in [-0.15, -0.1) is 0 Å². The summed E-state index contributed by atoms with van der Waals surface area (Å²) in [6.07, 6.45) is 4.96. The monoisotopic (exact) mass is 244 g/mol. The van der Waals surface area contributed by atoms with E-state index in [-0.39, 0.29) is 0 Å². The first-order chi connectivity index (χ1) is 8.53. The molecule has 1 aliphatic rings. The van der Waals surface area contributed by atoms with E-state index in [0.717, 1.165) is 12.8 Å². The number of allylic oxidation sites excluding steroid dienone is 2. The minimum absolute atomic E-state index is 0.606. The summed E-state index contributed by atoms with van der Waals surface area (Å²) in [4.78, 5) is 11.7. The molecule has 0 aromatic heterocycles. The van der Waals surface area contributed by atoms with Crippen LogP contribution >= 0.6 is 0 Å². The highest BCUT2D eigenvalue weighted by Crippen LogP contribution is 2.39. The summed E-state index contributed by atoms with van der Waals surface area (Å²) >= 11 is 0. The molecule has 0 bridgehead atoms. The van der Waals surface area contributed by atoms with Gasteiger partial charge in [0.15, 0.2) is 0 Å². The van der Waals surface area contributed by atoms with Gasteiger partial charge in [-0.2, -0.15) is 0 Å². The Morgan fingerprint density at radius 3 is 2.61 bits per heavy atom. The van der Waals surface area contributed by atoms with Gasteiger partial charge in [0.25, 0.3) is 0 Å². The molecule has 1 aliphatic carbocycles. The number of hydrogen-bond acceptors (Lipinski definition) is 1. The van der Waals surface area contributed by atoms with E-state index < -0.39 is 11.4 Å². The van der Waals surface area contributed by atoms with Crippen LogP contribution in [0.5, 0.6) is 0 Å². The SMILES string of the molecule is CC(C)=CCC1(C(=O)O)CCc2ccccc2C1. The molecule has 1 atom stereocenters. The second kappa shape index (κ2) is 4.97. The molecule has 1 unspecified atom stereocenters. The molecule has 1 N–H and O–H groups in total. The van der Waals surface area contributed by atoms with Crippen LogP contribution in [0.3, 0.4) is 0 Å². The number of carboxylic acids is 1. The molecule has 2 rings (SSSR count). The summed E-state index contributed by atoms with van der Waals surface area (Å²) in [6, 6.07) is 8.21. The second-order valence-electron chi connectivity index (χ2n) is 5.52. The van der Waals surface area contributed by atoms with Gasteiger partial charge in [0, 0.05) is 0 Å². The highest BCUT2D eigenvalue weighted by molar-refractivity contribution is 5.76. The Morgan fingerprint density at radius 1 is 1.33 bits per heavy atom. The number of fused-ring (bicyclic) bond motifs is 1. The first kappa shape index (κ1) is 12.9. The number of benzene rings is 1. The van der Waals surface area contributed by atoms with Crippen molar-refractivity contribution in [3.05, 3.63) is 47.0 Å². The predicted molar refractivity (Wildman–Crippen MR) is 72.6 cm³/mol. The lowest BCUT2D eigenvalue weighted by molar-refractivity contribution is -0.149. The standard InChI is InChI=1S/C16H20O2/c1-12(2)7-9-16(15(17)18)10-8-13-5-3-4-6-14(13)11-16/h3-7H,8-11H2,1-2H3,(H,17,18). The van der Waals surface area contributed by atoms with Crippen LogP contribution in [-0.4, -0.2) is 11.1 Å². The molecule has 0 amide bonds. The van der Waals surface area contributed by atoms with Crippen LogP contribution < -0.4 is 0 Å². The van der Waals surface area contributed by atoms with Crippen molar-refractivity contribution in [3.63, 3.8) is 0 Å². The third-order valence-electron chi connectivity index (χ3n) is 3.87. The zero-order valence-corrected chi connectivity index (χ0v) is 11.1. The van der Waals surface area contributed by atoms with Crippen molar-refractivity contribution < 1.29 is 9.90 Å². The van der Waals surface area contributed by atoms with Crippen LogP contribution in [-0.2, 0) is 17.6 Å². The summed E-state index contributed by atoms with van der Waals surface area (Å²) in [6.45, 7) is 4.04. The van der Waals surface area contributed by atoms with Crippen LogP contribution in [0, 0.1) is 5.41 Å². The molecule has 96 valence electrons. The van der Waals surface area contributed by atoms with Crippen molar-refractivity contribution in [2.24, 2.45) is 5.41 Å². The Balaban J connectivity index is 2.30. The summed E-state index contributed by atoms with van der Waals surface area (Å²) in [5, 5.41) is 9.60. The van der Waals surface area contributed by atoms with Gasteiger partial charge in [-0.1, -0.05) is 35.9 Å². The molecule has 2 heteroatoms. The fraction of sp³-hybridized carbons (Fsp3) is 0.438. The maximum absolute atomic E-state index is 11.7. The van der Waals surface area contributed by atoms with Gasteiger partial charge in [-0.3, -0.25) is 4.79 Å². The number of aliphatic carboxylic acids is 1. The molecule has 0 radical (unpaired) electrons. The van der Waals surface area contributed by atoms with Crippen LogP contribution in [0.1, 0.15) is 37.8 Å². The molecule has 0 aliphatic heterocycles. The fourth-order valence-corrected chi connectivity index (χ4v) is 2.64. The normalized spacial score (nSPS) is 22.1. The highest BCUT2D eigenvalue weighted by atomic mass is 16.4. The number of carboxylic acid groups (broad SMARTS) is 1. The zero-order valence-electron chi connectivity index (χ0n) is 11.1. The molecular weight excluding hydrogens is 224 g/mol. The molecule has 0 fully saturated rings. The molecule has 1 aromatic rings. The Hall–Kier alpha value is -1.57. The van der Waals surface area contributed by atoms with E-state index in [1.807, 2.05) is 26.0 Å². The molecule has 2 nitrogen and oxygen atoms in total. The lowest BCUT2D eigenvalue weighted by atomic mass is 9.69. The fourth-order valence-electron chi connectivity index (χ4n) is 2.64. The van der Waals surface area contributed by atoms with Crippen LogP contribution in [0.25, 0.3) is 0 Å². The first-order valence-electron chi connectivity index (χ1n) is 6.47. The Bertz CT molecular complexity index is 484. The molecule has 0 spiro atoms. The van der Waals surface area contributed by atoms with Gasteiger partial charge in [0.2, 0.25) is 0 Å². The van der Waals surface area contributed by atoms with Crippen molar-refractivity contribution >= 4 is 5.97 Å². The smallest absolute Gasteiger partial charge is 0.310 e. The summed E-state index contributed by atoms with van der Waals surface area (Å²) in [5.74, 6) is -0.658. The number of rotatable bonds is 3. The maximum atomic E-state index is 11.7. The van der Waals surface area contributed by atoms with Gasteiger partial charge in [0.1, 0.15) is 0 Å². The highest BCUT2D eigenvalue weighted by Gasteiger charge is 2.40. The summed E-state index contributed by atoms with van der Waals surface area (Å²) < 4.78 is 0. The van der Waals surface area contributed by atoms with Crippen molar-refractivity contribution in [2.45, 2.75) is 39.5 Å². The van der Waals surface area contributed by atoms with E-state index in [1.54, 1.807) is 0 Å². The topological polar surface area (TPSA) is 37.3 Å². The van der Waals surface area contributed by atoms with Crippen LogP contribution in [0.4, 0.5) is 0 Å². The molecule has 0 saturated heterocycles. The third kappa shape index (κ3) is 2.47. The van der Waals surface area contributed by atoms with Crippen LogP contribution in [0.2, 0.25) is 0 Å². The van der Waals surface area contributed by atoms with Gasteiger partial charge in [-0.25, -0.2) is 0 Å². The van der Waals surface area contributed by atoms with Gasteiger partial charge in [0.05, 0.1) is 5.41 Å².